The van der Waals surface area contributed by atoms with Crippen LogP contribution in [0.3, 0.4) is 0 Å². The molecular weight excluding hydrogens is 254 g/mol. The van der Waals surface area contributed by atoms with Crippen LogP contribution in [0.4, 0.5) is 0 Å². The van der Waals surface area contributed by atoms with Crippen molar-refractivity contribution < 1.29 is 18.3 Å². The molecule has 0 aromatic heterocycles. The van der Waals surface area contributed by atoms with E-state index in [1.165, 1.54) is 6.08 Å². The standard InChI is InChI=1S/C12H15NO4S/c14-12(15)7-4-9-13-18(16,17)10-8-11-5-2-1-3-6-11/h1-3,5-6,8,10,13H,4,7,9H2,(H,14,15). The molecule has 0 radical (unpaired) electrons. The first-order valence-electron chi connectivity index (χ1n) is 5.44. The number of benzene rings is 1. The van der Waals surface area contributed by atoms with Crippen molar-refractivity contribution in [2.24, 2.45) is 0 Å². The molecule has 2 N–H and O–H groups in total. The molecule has 0 aliphatic carbocycles. The lowest BCUT2D eigenvalue weighted by Gasteiger charge is -2.01. The molecule has 0 saturated heterocycles. The number of sulfonamides is 1. The molecule has 6 heteroatoms. The van der Waals surface area contributed by atoms with E-state index in [0.29, 0.717) is 0 Å². The van der Waals surface area contributed by atoms with Crippen LogP contribution in [0, 0.1) is 0 Å². The summed E-state index contributed by atoms with van der Waals surface area (Å²) >= 11 is 0. The van der Waals surface area contributed by atoms with Gasteiger partial charge < -0.3 is 5.11 Å². The maximum Gasteiger partial charge on any atom is 0.303 e. The van der Waals surface area contributed by atoms with Gasteiger partial charge in [-0.1, -0.05) is 30.3 Å². The summed E-state index contributed by atoms with van der Waals surface area (Å²) in [6.07, 6.45) is 1.71. The Morgan fingerprint density at radius 2 is 1.94 bits per heavy atom. The summed E-state index contributed by atoms with van der Waals surface area (Å²) in [6, 6.07) is 9.04. The van der Waals surface area contributed by atoms with E-state index in [2.05, 4.69) is 4.72 Å². The van der Waals surface area contributed by atoms with Gasteiger partial charge >= 0.3 is 5.97 Å². The fourth-order valence-electron chi connectivity index (χ4n) is 1.23. The lowest BCUT2D eigenvalue weighted by atomic mass is 10.2. The van der Waals surface area contributed by atoms with Gasteiger partial charge in [0, 0.05) is 18.4 Å². The second kappa shape index (κ2) is 6.93. The summed E-state index contributed by atoms with van der Waals surface area (Å²) in [4.78, 5) is 10.2. The molecule has 0 atom stereocenters. The lowest BCUT2D eigenvalue weighted by Crippen LogP contribution is -2.22. The van der Waals surface area contributed by atoms with Crippen LogP contribution < -0.4 is 4.72 Å². The average Bonchev–Trinajstić information content (AvgIpc) is 2.34. The van der Waals surface area contributed by atoms with Gasteiger partial charge in [0.1, 0.15) is 0 Å². The van der Waals surface area contributed by atoms with Gasteiger partial charge in [0.15, 0.2) is 0 Å². The molecule has 0 saturated carbocycles. The van der Waals surface area contributed by atoms with Crippen molar-refractivity contribution in [3.8, 4) is 0 Å². The first-order chi connectivity index (χ1) is 8.49. The van der Waals surface area contributed by atoms with E-state index in [9.17, 15) is 13.2 Å². The second-order valence-electron chi connectivity index (χ2n) is 3.65. The average molecular weight is 269 g/mol. The smallest absolute Gasteiger partial charge is 0.303 e. The first kappa shape index (κ1) is 14.4. The van der Waals surface area contributed by atoms with Crippen molar-refractivity contribution >= 4 is 22.1 Å². The molecule has 98 valence electrons. The van der Waals surface area contributed by atoms with E-state index in [1.54, 1.807) is 12.1 Å². The number of carboxylic acids is 1. The van der Waals surface area contributed by atoms with Gasteiger partial charge in [-0.15, -0.1) is 0 Å². The second-order valence-corrected chi connectivity index (χ2v) is 5.30. The normalized spacial score (nSPS) is 11.8. The van der Waals surface area contributed by atoms with Crippen LogP contribution in [-0.2, 0) is 14.8 Å². The minimum absolute atomic E-state index is 0.0507. The van der Waals surface area contributed by atoms with Crippen molar-refractivity contribution in [1.82, 2.24) is 4.72 Å². The Labute approximate surface area is 106 Å². The quantitative estimate of drug-likeness (QED) is 0.734. The fraction of sp³-hybridized carbons (Fsp3) is 0.250. The van der Waals surface area contributed by atoms with Gasteiger partial charge in [-0.05, 0) is 18.1 Å². The van der Waals surface area contributed by atoms with E-state index >= 15 is 0 Å². The molecule has 0 spiro atoms. The molecule has 0 fully saturated rings. The number of aliphatic carboxylic acids is 1. The Kier molecular flexibility index (Phi) is 5.54. The molecule has 1 aromatic rings. The SMILES string of the molecule is O=C(O)CCCNS(=O)(=O)C=Cc1ccccc1. The zero-order chi connectivity index (χ0) is 13.4. The Morgan fingerprint density at radius 1 is 1.28 bits per heavy atom. The molecule has 18 heavy (non-hydrogen) atoms. The van der Waals surface area contributed by atoms with E-state index < -0.39 is 16.0 Å². The van der Waals surface area contributed by atoms with E-state index in [4.69, 9.17) is 5.11 Å². The molecule has 0 unspecified atom stereocenters. The highest BCUT2D eigenvalue weighted by Crippen LogP contribution is 2.02. The highest BCUT2D eigenvalue weighted by atomic mass is 32.2. The Hall–Kier alpha value is -1.66. The third-order valence-corrected chi connectivity index (χ3v) is 3.21. The highest BCUT2D eigenvalue weighted by Gasteiger charge is 2.04. The van der Waals surface area contributed by atoms with Crippen molar-refractivity contribution in [2.45, 2.75) is 12.8 Å². The molecule has 0 heterocycles. The highest BCUT2D eigenvalue weighted by molar-refractivity contribution is 7.92. The van der Waals surface area contributed by atoms with Crippen LogP contribution in [-0.4, -0.2) is 26.0 Å². The van der Waals surface area contributed by atoms with E-state index in [-0.39, 0.29) is 19.4 Å². The summed E-state index contributed by atoms with van der Waals surface area (Å²) in [6.45, 7) is 0.119. The zero-order valence-corrected chi connectivity index (χ0v) is 10.6. The Morgan fingerprint density at radius 3 is 2.56 bits per heavy atom. The number of carboxylic acid groups (broad SMARTS) is 1. The number of hydrogen-bond acceptors (Lipinski definition) is 3. The maximum absolute atomic E-state index is 11.5. The molecule has 0 bridgehead atoms. The largest absolute Gasteiger partial charge is 0.481 e. The molecule has 0 aliphatic heterocycles. The topological polar surface area (TPSA) is 83.5 Å². The van der Waals surface area contributed by atoms with Crippen molar-refractivity contribution in [3.05, 3.63) is 41.3 Å². The third kappa shape index (κ3) is 6.17. The summed E-state index contributed by atoms with van der Waals surface area (Å²) in [5, 5.41) is 9.48. The van der Waals surface area contributed by atoms with Crippen LogP contribution in [0.15, 0.2) is 35.7 Å². The van der Waals surface area contributed by atoms with Gasteiger partial charge in [0.05, 0.1) is 0 Å². The minimum atomic E-state index is -3.50. The summed E-state index contributed by atoms with van der Waals surface area (Å²) < 4.78 is 25.3. The number of nitrogens with one attached hydrogen (secondary N) is 1. The van der Waals surface area contributed by atoms with Crippen molar-refractivity contribution in [1.29, 1.82) is 0 Å². The molecule has 1 rings (SSSR count). The van der Waals surface area contributed by atoms with Crippen LogP contribution in [0.5, 0.6) is 0 Å². The van der Waals surface area contributed by atoms with Gasteiger partial charge in [0.25, 0.3) is 0 Å². The van der Waals surface area contributed by atoms with Gasteiger partial charge in [0.2, 0.25) is 10.0 Å². The van der Waals surface area contributed by atoms with Crippen LogP contribution in [0.2, 0.25) is 0 Å². The van der Waals surface area contributed by atoms with Gasteiger partial charge in [-0.25, -0.2) is 13.1 Å². The fourth-order valence-corrected chi connectivity index (χ4v) is 2.10. The molecule has 5 nitrogen and oxygen atoms in total. The number of rotatable bonds is 7. The first-order valence-corrected chi connectivity index (χ1v) is 6.99. The predicted molar refractivity (Wildman–Crippen MR) is 69.3 cm³/mol. The Balaban J connectivity index is 2.45. The van der Waals surface area contributed by atoms with Crippen LogP contribution in [0.1, 0.15) is 18.4 Å². The molecule has 0 amide bonds. The third-order valence-electron chi connectivity index (χ3n) is 2.11. The minimum Gasteiger partial charge on any atom is -0.481 e. The van der Waals surface area contributed by atoms with E-state index in [1.807, 2.05) is 18.2 Å². The zero-order valence-electron chi connectivity index (χ0n) is 9.74. The molecule has 0 aliphatic rings. The van der Waals surface area contributed by atoms with Crippen LogP contribution in [0.25, 0.3) is 6.08 Å². The van der Waals surface area contributed by atoms with E-state index in [0.717, 1.165) is 11.0 Å². The summed E-state index contributed by atoms with van der Waals surface area (Å²) in [7, 11) is -3.50. The van der Waals surface area contributed by atoms with Crippen LogP contribution >= 0.6 is 0 Å². The predicted octanol–water partition coefficient (Wildman–Crippen LogP) is 1.44. The summed E-state index contributed by atoms with van der Waals surface area (Å²) in [5.74, 6) is -0.936. The summed E-state index contributed by atoms with van der Waals surface area (Å²) in [5.41, 5.74) is 0.786. The monoisotopic (exact) mass is 269 g/mol. The lowest BCUT2D eigenvalue weighted by molar-refractivity contribution is -0.137. The maximum atomic E-state index is 11.5. The van der Waals surface area contributed by atoms with Gasteiger partial charge in [-0.3, -0.25) is 4.79 Å². The van der Waals surface area contributed by atoms with Gasteiger partial charge in [-0.2, -0.15) is 0 Å². The molecule has 1 aromatic carbocycles. The number of hydrogen-bond donors (Lipinski definition) is 2. The van der Waals surface area contributed by atoms with Crippen molar-refractivity contribution in [3.63, 3.8) is 0 Å². The Bertz CT molecular complexity index is 508. The van der Waals surface area contributed by atoms with Crippen molar-refractivity contribution in [2.75, 3.05) is 6.54 Å². The number of carbonyl (C=O) groups is 1. The molecular formula is C12H15NO4S.